The average Bonchev–Trinajstić information content (AvgIpc) is 3.22. The van der Waals surface area contributed by atoms with Gasteiger partial charge >= 0.3 is 5.69 Å². The summed E-state index contributed by atoms with van der Waals surface area (Å²) in [5.41, 5.74) is -0.311. The minimum absolute atomic E-state index is 0.119. The van der Waals surface area contributed by atoms with Crippen molar-refractivity contribution >= 4 is 23.0 Å². The van der Waals surface area contributed by atoms with Gasteiger partial charge in [-0.2, -0.15) is 0 Å². The minimum atomic E-state index is -0.445. The molecule has 3 heterocycles. The Bertz CT molecular complexity index is 1050. The van der Waals surface area contributed by atoms with Crippen molar-refractivity contribution in [2.45, 2.75) is 26.4 Å². The summed E-state index contributed by atoms with van der Waals surface area (Å²) < 4.78 is 5.60. The van der Waals surface area contributed by atoms with Crippen molar-refractivity contribution < 1.29 is 4.79 Å². The van der Waals surface area contributed by atoms with Crippen molar-refractivity contribution in [1.29, 1.82) is 0 Å². The summed E-state index contributed by atoms with van der Waals surface area (Å²) in [6.07, 6.45) is 3.10. The number of amides is 1. The van der Waals surface area contributed by atoms with E-state index in [4.69, 9.17) is 0 Å². The third-order valence-electron chi connectivity index (χ3n) is 4.00. The maximum Gasteiger partial charge on any atom is 0.332 e. The van der Waals surface area contributed by atoms with E-state index in [2.05, 4.69) is 20.5 Å². The summed E-state index contributed by atoms with van der Waals surface area (Å²) in [6, 6.07) is 0. The molecular formula is C14H18N8O3. The molecule has 3 rings (SSSR count). The van der Waals surface area contributed by atoms with Crippen LogP contribution in [0.1, 0.15) is 13.3 Å². The van der Waals surface area contributed by atoms with Gasteiger partial charge in [0.1, 0.15) is 6.33 Å². The molecule has 0 spiro atoms. The second kappa shape index (κ2) is 6.34. The van der Waals surface area contributed by atoms with Gasteiger partial charge in [0.15, 0.2) is 11.2 Å². The number of carbonyl (C=O) groups excluding carboxylic acids is 1. The molecule has 0 atom stereocenters. The number of aryl methyl sites for hydroxylation is 3. The van der Waals surface area contributed by atoms with E-state index >= 15 is 0 Å². The second-order valence-electron chi connectivity index (χ2n) is 5.55. The Balaban J connectivity index is 1.81. The highest BCUT2D eigenvalue weighted by Crippen LogP contribution is 2.07. The predicted molar refractivity (Wildman–Crippen MR) is 89.2 cm³/mol. The number of nitrogens with one attached hydrogen (secondary N) is 1. The Morgan fingerprint density at radius 2 is 1.92 bits per heavy atom. The molecule has 0 aliphatic rings. The molecule has 3 aromatic rings. The highest BCUT2D eigenvalue weighted by atomic mass is 16.2. The quantitative estimate of drug-likeness (QED) is 0.637. The summed E-state index contributed by atoms with van der Waals surface area (Å²) in [4.78, 5) is 40.5. The predicted octanol–water partition coefficient (Wildman–Crippen LogP) is -0.926. The second-order valence-corrected chi connectivity index (χ2v) is 5.55. The van der Waals surface area contributed by atoms with E-state index in [9.17, 15) is 14.4 Å². The molecule has 3 aromatic heterocycles. The lowest BCUT2D eigenvalue weighted by molar-refractivity contribution is -0.116. The molecule has 0 saturated heterocycles. The van der Waals surface area contributed by atoms with Crippen LogP contribution in [-0.2, 0) is 32.0 Å². The van der Waals surface area contributed by atoms with Crippen molar-refractivity contribution in [3.8, 4) is 0 Å². The molecule has 0 aliphatic carbocycles. The largest absolute Gasteiger partial charge is 0.332 e. The SMILES string of the molecule is CCn1cnnc1NC(=O)CCn1cnc2c1c(=O)n(C)c(=O)n2C. The monoisotopic (exact) mass is 346 g/mol. The van der Waals surface area contributed by atoms with Gasteiger partial charge in [0, 0.05) is 33.6 Å². The van der Waals surface area contributed by atoms with Crippen LogP contribution in [0.25, 0.3) is 11.2 Å². The van der Waals surface area contributed by atoms with E-state index in [1.807, 2.05) is 6.92 Å². The Morgan fingerprint density at radius 1 is 1.16 bits per heavy atom. The molecule has 0 fully saturated rings. The smallest absolute Gasteiger partial charge is 0.324 e. The maximum atomic E-state index is 12.3. The normalized spacial score (nSPS) is 11.2. The van der Waals surface area contributed by atoms with Crippen LogP contribution in [0.5, 0.6) is 0 Å². The van der Waals surface area contributed by atoms with Gasteiger partial charge in [-0.15, -0.1) is 10.2 Å². The van der Waals surface area contributed by atoms with Crippen molar-refractivity contribution in [1.82, 2.24) is 33.4 Å². The lowest BCUT2D eigenvalue weighted by Crippen LogP contribution is -2.37. The summed E-state index contributed by atoms with van der Waals surface area (Å²) in [5.74, 6) is 0.118. The molecule has 25 heavy (non-hydrogen) atoms. The third kappa shape index (κ3) is 2.84. The minimum Gasteiger partial charge on any atom is -0.324 e. The lowest BCUT2D eigenvalue weighted by atomic mass is 10.4. The van der Waals surface area contributed by atoms with Gasteiger partial charge in [-0.25, -0.2) is 9.78 Å². The van der Waals surface area contributed by atoms with Crippen molar-refractivity contribution in [3.63, 3.8) is 0 Å². The van der Waals surface area contributed by atoms with E-state index in [-0.39, 0.29) is 24.4 Å². The van der Waals surface area contributed by atoms with Gasteiger partial charge < -0.3 is 9.13 Å². The zero-order valence-electron chi connectivity index (χ0n) is 14.1. The van der Waals surface area contributed by atoms with Gasteiger partial charge in [-0.05, 0) is 6.92 Å². The zero-order valence-corrected chi connectivity index (χ0v) is 14.1. The van der Waals surface area contributed by atoms with Gasteiger partial charge in [0.25, 0.3) is 5.56 Å². The van der Waals surface area contributed by atoms with Gasteiger partial charge in [0.05, 0.1) is 6.33 Å². The number of rotatable bonds is 5. The standard InChI is InChI=1S/C14H18N8O3/c1-4-21-8-16-18-13(21)17-9(23)5-6-22-7-15-11-10(22)12(24)20(3)14(25)19(11)2/h7-8H,4-6H2,1-3H3,(H,17,18,23). The first-order valence-electron chi connectivity index (χ1n) is 7.72. The number of nitrogens with zero attached hydrogens (tertiary/aromatic N) is 7. The first kappa shape index (κ1) is 16.6. The van der Waals surface area contributed by atoms with Gasteiger partial charge in [0.2, 0.25) is 11.9 Å². The van der Waals surface area contributed by atoms with Crippen LogP contribution in [-0.4, -0.2) is 39.4 Å². The van der Waals surface area contributed by atoms with E-state index in [1.54, 1.807) is 16.2 Å². The Morgan fingerprint density at radius 3 is 2.64 bits per heavy atom. The molecule has 1 N–H and O–H groups in total. The molecule has 11 heteroatoms. The Kier molecular flexibility index (Phi) is 4.21. The molecule has 132 valence electrons. The summed E-state index contributed by atoms with van der Waals surface area (Å²) in [6.45, 7) is 2.80. The number of hydrogen-bond donors (Lipinski definition) is 1. The third-order valence-corrected chi connectivity index (χ3v) is 4.00. The number of imidazole rings is 1. The summed E-state index contributed by atoms with van der Waals surface area (Å²) >= 11 is 0. The topological polar surface area (TPSA) is 122 Å². The zero-order chi connectivity index (χ0) is 18.1. The van der Waals surface area contributed by atoms with Crippen LogP contribution >= 0.6 is 0 Å². The van der Waals surface area contributed by atoms with Crippen LogP contribution < -0.4 is 16.6 Å². The molecule has 0 saturated carbocycles. The highest BCUT2D eigenvalue weighted by molar-refractivity contribution is 5.89. The first-order valence-corrected chi connectivity index (χ1v) is 7.72. The van der Waals surface area contributed by atoms with Crippen molar-refractivity contribution in [2.75, 3.05) is 5.32 Å². The molecule has 0 radical (unpaired) electrons. The van der Waals surface area contributed by atoms with Crippen LogP contribution in [0.3, 0.4) is 0 Å². The van der Waals surface area contributed by atoms with E-state index in [0.29, 0.717) is 18.1 Å². The van der Waals surface area contributed by atoms with E-state index < -0.39 is 11.2 Å². The maximum absolute atomic E-state index is 12.3. The van der Waals surface area contributed by atoms with Gasteiger partial charge in [-0.3, -0.25) is 24.0 Å². The van der Waals surface area contributed by atoms with Crippen LogP contribution in [0.2, 0.25) is 0 Å². The molecule has 0 unspecified atom stereocenters. The molecule has 1 amide bonds. The van der Waals surface area contributed by atoms with Crippen molar-refractivity contribution in [3.05, 3.63) is 33.5 Å². The highest BCUT2D eigenvalue weighted by Gasteiger charge is 2.15. The van der Waals surface area contributed by atoms with E-state index in [1.165, 1.54) is 24.3 Å². The fourth-order valence-corrected chi connectivity index (χ4v) is 2.56. The first-order chi connectivity index (χ1) is 11.9. The number of aromatic nitrogens is 7. The van der Waals surface area contributed by atoms with Crippen LogP contribution in [0.15, 0.2) is 22.2 Å². The number of carbonyl (C=O) groups is 1. The fourth-order valence-electron chi connectivity index (χ4n) is 2.56. The van der Waals surface area contributed by atoms with Crippen LogP contribution in [0, 0.1) is 0 Å². The molecule has 0 aromatic carbocycles. The Hall–Kier alpha value is -3.24. The molecular weight excluding hydrogens is 328 g/mol. The molecule has 0 aliphatic heterocycles. The fraction of sp³-hybridized carbons (Fsp3) is 0.429. The van der Waals surface area contributed by atoms with Crippen LogP contribution in [0.4, 0.5) is 5.95 Å². The number of anilines is 1. The average molecular weight is 346 g/mol. The summed E-state index contributed by atoms with van der Waals surface area (Å²) in [7, 11) is 2.96. The Labute approximate surface area is 141 Å². The summed E-state index contributed by atoms with van der Waals surface area (Å²) in [5, 5.41) is 10.3. The lowest BCUT2D eigenvalue weighted by Gasteiger charge is -2.07. The van der Waals surface area contributed by atoms with Crippen molar-refractivity contribution in [2.24, 2.45) is 14.1 Å². The molecule has 11 nitrogen and oxygen atoms in total. The molecule has 0 bridgehead atoms. The van der Waals surface area contributed by atoms with E-state index in [0.717, 1.165) is 4.57 Å². The number of fused-ring (bicyclic) bond motifs is 1. The number of hydrogen-bond acceptors (Lipinski definition) is 6. The van der Waals surface area contributed by atoms with Gasteiger partial charge in [-0.1, -0.05) is 0 Å².